The number of hydrogen-bond donors (Lipinski definition) is 2. The fourth-order valence-corrected chi connectivity index (χ4v) is 2.48. The zero-order chi connectivity index (χ0) is 18.5. The van der Waals surface area contributed by atoms with E-state index in [0.29, 0.717) is 22.8 Å². The van der Waals surface area contributed by atoms with E-state index in [-0.39, 0.29) is 18.1 Å². The largest absolute Gasteiger partial charge is 0.496 e. The third kappa shape index (κ3) is 3.59. The van der Waals surface area contributed by atoms with Crippen molar-refractivity contribution >= 4 is 17.5 Å². The van der Waals surface area contributed by atoms with Gasteiger partial charge >= 0.3 is 0 Å². The normalized spacial score (nSPS) is 10.4. The minimum absolute atomic E-state index is 0.233. The lowest BCUT2D eigenvalue weighted by Gasteiger charge is -2.10. The first kappa shape index (κ1) is 17.3. The molecule has 2 aromatic heterocycles. The number of para-hydroxylation sites is 1. The van der Waals surface area contributed by atoms with Gasteiger partial charge in [-0.25, -0.2) is 0 Å². The summed E-state index contributed by atoms with van der Waals surface area (Å²) in [4.78, 5) is 25.0. The summed E-state index contributed by atoms with van der Waals surface area (Å²) in [5.41, 5.74) is 0.904. The molecule has 0 saturated carbocycles. The van der Waals surface area contributed by atoms with Crippen molar-refractivity contribution in [2.45, 2.75) is 6.54 Å². The number of aryl methyl sites for hydroxylation is 1. The Morgan fingerprint density at radius 2 is 2.00 bits per heavy atom. The van der Waals surface area contributed by atoms with Crippen LogP contribution in [-0.2, 0) is 13.6 Å². The lowest BCUT2D eigenvalue weighted by molar-refractivity contribution is 0.0939. The van der Waals surface area contributed by atoms with Crippen molar-refractivity contribution in [1.82, 2.24) is 15.1 Å². The number of carbonyl (C=O) groups is 2. The van der Waals surface area contributed by atoms with Crippen LogP contribution in [0.3, 0.4) is 0 Å². The van der Waals surface area contributed by atoms with Crippen LogP contribution in [0.25, 0.3) is 0 Å². The second kappa shape index (κ2) is 7.56. The van der Waals surface area contributed by atoms with Gasteiger partial charge in [0.15, 0.2) is 0 Å². The van der Waals surface area contributed by atoms with Crippen molar-refractivity contribution in [1.29, 1.82) is 0 Å². The number of rotatable bonds is 6. The van der Waals surface area contributed by atoms with Crippen molar-refractivity contribution < 1.29 is 18.7 Å². The molecule has 0 bridgehead atoms. The Balaban J connectivity index is 1.77. The Hall–Kier alpha value is -3.55. The average Bonchev–Trinajstić information content (AvgIpc) is 3.29. The summed E-state index contributed by atoms with van der Waals surface area (Å²) in [6.45, 7) is 0.233. The van der Waals surface area contributed by atoms with E-state index in [0.717, 1.165) is 0 Å². The molecule has 0 saturated heterocycles. The quantitative estimate of drug-likeness (QED) is 0.707. The molecule has 0 aliphatic heterocycles. The second-order valence-electron chi connectivity index (χ2n) is 5.45. The lowest BCUT2D eigenvalue weighted by Crippen LogP contribution is -2.26. The van der Waals surface area contributed by atoms with Gasteiger partial charge in [-0.05, 0) is 24.3 Å². The van der Waals surface area contributed by atoms with E-state index in [9.17, 15) is 9.59 Å². The molecule has 8 heteroatoms. The van der Waals surface area contributed by atoms with Gasteiger partial charge in [0, 0.05) is 7.05 Å². The fraction of sp³-hybridized carbons (Fsp3) is 0.167. The number of aromatic nitrogens is 2. The van der Waals surface area contributed by atoms with Gasteiger partial charge in [0.25, 0.3) is 11.8 Å². The summed E-state index contributed by atoms with van der Waals surface area (Å²) in [6, 6.07) is 10.3. The Bertz CT molecular complexity index is 915. The molecule has 2 heterocycles. The zero-order valence-corrected chi connectivity index (χ0v) is 14.4. The third-order valence-electron chi connectivity index (χ3n) is 3.76. The van der Waals surface area contributed by atoms with Gasteiger partial charge in [-0.2, -0.15) is 5.10 Å². The molecule has 3 rings (SSSR count). The number of benzene rings is 1. The highest BCUT2D eigenvalue weighted by Crippen LogP contribution is 2.21. The molecule has 0 aliphatic carbocycles. The predicted octanol–water partition coefficient (Wildman–Crippen LogP) is 2.20. The smallest absolute Gasteiger partial charge is 0.272 e. The van der Waals surface area contributed by atoms with Crippen molar-refractivity contribution in [2.75, 3.05) is 12.4 Å². The molecular formula is C18H18N4O4. The van der Waals surface area contributed by atoms with Crippen LogP contribution in [0.2, 0.25) is 0 Å². The van der Waals surface area contributed by atoms with Gasteiger partial charge in [-0.1, -0.05) is 12.1 Å². The molecule has 0 radical (unpaired) electrons. The number of nitrogens with one attached hydrogen (secondary N) is 2. The molecule has 0 aliphatic rings. The lowest BCUT2D eigenvalue weighted by atomic mass is 10.2. The topological polar surface area (TPSA) is 98.4 Å². The molecule has 26 heavy (non-hydrogen) atoms. The number of methoxy groups -OCH3 is 1. The molecule has 0 fully saturated rings. The summed E-state index contributed by atoms with van der Waals surface area (Å²) in [6.07, 6.45) is 2.96. The molecular weight excluding hydrogens is 336 g/mol. The number of ether oxygens (including phenoxy) is 1. The van der Waals surface area contributed by atoms with E-state index in [1.54, 1.807) is 43.4 Å². The SMILES string of the molecule is COc1ccccc1C(=O)Nc1cnn(C)c1C(=O)NCc1ccco1. The van der Waals surface area contributed by atoms with Crippen LogP contribution in [0.1, 0.15) is 26.6 Å². The molecule has 8 nitrogen and oxygen atoms in total. The van der Waals surface area contributed by atoms with Crippen LogP contribution in [0.15, 0.2) is 53.3 Å². The van der Waals surface area contributed by atoms with Gasteiger partial charge in [0.2, 0.25) is 0 Å². The van der Waals surface area contributed by atoms with Crippen LogP contribution in [0, 0.1) is 0 Å². The van der Waals surface area contributed by atoms with Gasteiger partial charge < -0.3 is 19.8 Å². The summed E-state index contributed by atoms with van der Waals surface area (Å²) in [5.74, 6) is 0.296. The molecule has 0 atom stereocenters. The monoisotopic (exact) mass is 354 g/mol. The van der Waals surface area contributed by atoms with Crippen molar-refractivity contribution in [3.8, 4) is 5.75 Å². The molecule has 0 unspecified atom stereocenters. The van der Waals surface area contributed by atoms with Crippen LogP contribution >= 0.6 is 0 Å². The number of furan rings is 1. The molecule has 2 amide bonds. The summed E-state index contributed by atoms with van der Waals surface area (Å²) < 4.78 is 11.8. The maximum atomic E-state index is 12.5. The van der Waals surface area contributed by atoms with Crippen LogP contribution < -0.4 is 15.4 Å². The fourth-order valence-electron chi connectivity index (χ4n) is 2.48. The van der Waals surface area contributed by atoms with E-state index in [1.165, 1.54) is 24.3 Å². The number of amides is 2. The van der Waals surface area contributed by atoms with Crippen LogP contribution in [-0.4, -0.2) is 28.7 Å². The predicted molar refractivity (Wildman–Crippen MR) is 94.0 cm³/mol. The molecule has 134 valence electrons. The van der Waals surface area contributed by atoms with Crippen molar-refractivity contribution in [3.63, 3.8) is 0 Å². The number of nitrogens with zero attached hydrogens (tertiary/aromatic N) is 2. The zero-order valence-electron chi connectivity index (χ0n) is 14.4. The Kier molecular flexibility index (Phi) is 5.02. The van der Waals surface area contributed by atoms with Gasteiger partial charge in [0.1, 0.15) is 17.2 Å². The van der Waals surface area contributed by atoms with E-state index in [4.69, 9.17) is 9.15 Å². The van der Waals surface area contributed by atoms with E-state index >= 15 is 0 Å². The highest BCUT2D eigenvalue weighted by molar-refractivity contribution is 6.09. The standard InChI is InChI=1S/C18H18N4O4/c1-22-16(18(24)19-10-12-6-5-9-26-12)14(11-20-22)21-17(23)13-7-3-4-8-15(13)25-2/h3-9,11H,10H2,1-2H3,(H,19,24)(H,21,23). The van der Waals surface area contributed by atoms with E-state index in [1.807, 2.05) is 0 Å². The van der Waals surface area contributed by atoms with Gasteiger partial charge in [0.05, 0.1) is 37.4 Å². The molecule has 1 aromatic carbocycles. The number of anilines is 1. The first-order valence-corrected chi connectivity index (χ1v) is 7.87. The maximum absolute atomic E-state index is 12.5. The molecule has 2 N–H and O–H groups in total. The first-order chi connectivity index (χ1) is 12.6. The first-order valence-electron chi connectivity index (χ1n) is 7.87. The number of hydrogen-bond acceptors (Lipinski definition) is 5. The second-order valence-corrected chi connectivity index (χ2v) is 5.45. The maximum Gasteiger partial charge on any atom is 0.272 e. The minimum Gasteiger partial charge on any atom is -0.496 e. The number of carbonyl (C=O) groups excluding carboxylic acids is 2. The summed E-state index contributed by atoms with van der Waals surface area (Å²) in [7, 11) is 3.12. The van der Waals surface area contributed by atoms with Crippen molar-refractivity contribution in [2.24, 2.45) is 7.05 Å². The van der Waals surface area contributed by atoms with E-state index < -0.39 is 5.91 Å². The Morgan fingerprint density at radius 1 is 1.19 bits per heavy atom. The highest BCUT2D eigenvalue weighted by Gasteiger charge is 2.20. The van der Waals surface area contributed by atoms with Gasteiger partial charge in [-0.15, -0.1) is 0 Å². The van der Waals surface area contributed by atoms with Gasteiger partial charge in [-0.3, -0.25) is 14.3 Å². The summed E-state index contributed by atoms with van der Waals surface area (Å²) in [5, 5.41) is 9.50. The molecule has 3 aromatic rings. The van der Waals surface area contributed by atoms with Crippen LogP contribution in [0.4, 0.5) is 5.69 Å². The third-order valence-corrected chi connectivity index (χ3v) is 3.76. The summed E-state index contributed by atoms with van der Waals surface area (Å²) >= 11 is 0. The highest BCUT2D eigenvalue weighted by atomic mass is 16.5. The minimum atomic E-state index is -0.393. The van der Waals surface area contributed by atoms with Crippen molar-refractivity contribution in [3.05, 3.63) is 65.9 Å². The molecule has 0 spiro atoms. The van der Waals surface area contributed by atoms with Crippen LogP contribution in [0.5, 0.6) is 5.75 Å². The Labute approximate surface area is 149 Å². The average molecular weight is 354 g/mol. The van der Waals surface area contributed by atoms with E-state index in [2.05, 4.69) is 15.7 Å². The Morgan fingerprint density at radius 3 is 2.73 bits per heavy atom.